The van der Waals surface area contributed by atoms with Crippen LogP contribution < -0.4 is 64.8 Å². The fourth-order valence-corrected chi connectivity index (χ4v) is 1.93. The molecule has 1 unspecified atom stereocenters. The Hall–Kier alpha value is 0.374. The van der Waals surface area contributed by atoms with E-state index in [2.05, 4.69) is 43.4 Å². The molecule has 1 nitrogen and oxygen atoms in total. The summed E-state index contributed by atoms with van der Waals surface area (Å²) in [7, 11) is 0. The van der Waals surface area contributed by atoms with E-state index < -0.39 is 0 Å². The van der Waals surface area contributed by atoms with E-state index in [4.69, 9.17) is 4.74 Å². The number of rotatable bonds is 0. The summed E-state index contributed by atoms with van der Waals surface area (Å²) < 4.78 is 5.72. The van der Waals surface area contributed by atoms with Crippen LogP contribution in [0.25, 0.3) is 18.2 Å². The van der Waals surface area contributed by atoms with Gasteiger partial charge in [-0.2, -0.15) is 0 Å². The van der Waals surface area contributed by atoms with Crippen molar-refractivity contribution < 1.29 is 76.1 Å². The molecule has 0 bridgehead atoms. The maximum absolute atomic E-state index is 5.72. The van der Waals surface area contributed by atoms with E-state index in [1.807, 2.05) is 0 Å². The Morgan fingerprint density at radius 2 is 1.61 bits per heavy atom. The number of ether oxygens (including phenoxy) is 1. The van der Waals surface area contributed by atoms with E-state index >= 15 is 0 Å². The molecule has 18 heavy (non-hydrogen) atoms. The summed E-state index contributed by atoms with van der Waals surface area (Å²) in [6.45, 7) is 2.06. The Labute approximate surface area is 146 Å². The molecule has 1 aliphatic carbocycles. The van der Waals surface area contributed by atoms with Crippen molar-refractivity contribution in [1.29, 1.82) is 0 Å². The summed E-state index contributed by atoms with van der Waals surface area (Å²) in [5.74, 6) is 1.05. The van der Waals surface area contributed by atoms with E-state index in [1.165, 1.54) is 16.0 Å². The predicted octanol–water partition coefficient (Wildman–Crippen LogP) is -10.9. The van der Waals surface area contributed by atoms with Crippen LogP contribution in [0.2, 0.25) is 0 Å². The second-order valence-electron chi connectivity index (χ2n) is 3.50. The van der Waals surface area contributed by atoms with Crippen LogP contribution in [0.1, 0.15) is 12.5 Å². The largest absolute Gasteiger partial charge is 4.00 e. The average molecular weight is 360 g/mol. The normalized spacial score (nSPS) is 15.5. The smallest absolute Gasteiger partial charge is 1.00 e. The molecule has 2 aliphatic rings. The van der Waals surface area contributed by atoms with Crippen LogP contribution in [0.4, 0.5) is 0 Å². The third-order valence-electron chi connectivity index (χ3n) is 2.52. The third-order valence-corrected chi connectivity index (χ3v) is 2.52. The second kappa shape index (κ2) is 9.31. The number of fused-ring (bicyclic) bond motifs is 3. The Kier molecular flexibility index (Phi) is 12.1. The van der Waals surface area contributed by atoms with Crippen LogP contribution in [-0.4, -0.2) is 6.10 Å². The molecule has 0 aromatic heterocycles. The number of benzene rings is 1. The van der Waals surface area contributed by atoms with Crippen molar-refractivity contribution in [2.24, 2.45) is 0 Å². The zero-order valence-electron chi connectivity index (χ0n) is 9.46. The SMILES string of the molecule is CC1C=c2ccc3c(c2O1)C=CC=3.[Cl-].[Cl-].[Cl-].[Cl-].[Ti+4]. The first-order valence-corrected chi connectivity index (χ1v) is 4.54. The van der Waals surface area contributed by atoms with Gasteiger partial charge in [-0.15, -0.1) is 0 Å². The van der Waals surface area contributed by atoms with Crippen molar-refractivity contribution in [3.8, 4) is 5.75 Å². The van der Waals surface area contributed by atoms with Gasteiger partial charge in [0, 0.05) is 10.8 Å². The van der Waals surface area contributed by atoms with Crippen molar-refractivity contribution >= 4 is 18.2 Å². The Morgan fingerprint density at radius 3 is 2.28 bits per heavy atom. The number of hydrogen-bond acceptors (Lipinski definition) is 1. The molecule has 0 spiro atoms. The van der Waals surface area contributed by atoms with Gasteiger partial charge >= 0.3 is 21.7 Å². The molecule has 0 fully saturated rings. The molecule has 6 heteroatoms. The van der Waals surface area contributed by atoms with E-state index in [0.717, 1.165) is 5.75 Å². The molecule has 1 heterocycles. The minimum absolute atomic E-state index is 0. The van der Waals surface area contributed by atoms with E-state index in [9.17, 15) is 0 Å². The molecule has 1 atom stereocenters. The summed E-state index contributed by atoms with van der Waals surface area (Å²) in [6, 6.07) is 4.27. The van der Waals surface area contributed by atoms with E-state index in [1.54, 1.807) is 0 Å². The molecule has 3 rings (SSSR count). The molecule has 0 amide bonds. The van der Waals surface area contributed by atoms with Crippen LogP contribution in [0.5, 0.6) is 5.75 Å². The van der Waals surface area contributed by atoms with E-state index in [0.29, 0.717) is 0 Å². The monoisotopic (exact) mass is 358 g/mol. The molecule has 0 N–H and O–H groups in total. The van der Waals surface area contributed by atoms with E-state index in [-0.39, 0.29) is 77.4 Å². The number of halogens is 4. The quantitative estimate of drug-likeness (QED) is 0.418. The van der Waals surface area contributed by atoms with Gasteiger partial charge in [-0.3, -0.25) is 0 Å². The van der Waals surface area contributed by atoms with Gasteiger partial charge in [0.05, 0.1) is 0 Å². The van der Waals surface area contributed by atoms with Crippen molar-refractivity contribution in [1.82, 2.24) is 0 Å². The Bertz CT molecular complexity index is 528. The Morgan fingerprint density at radius 1 is 1.00 bits per heavy atom. The molecule has 0 radical (unpaired) electrons. The summed E-state index contributed by atoms with van der Waals surface area (Å²) in [4.78, 5) is 0. The standard InChI is InChI=1S/C12H10O.4ClH.Ti/c1-8-7-10-6-5-9-3-2-4-11(9)12(10)13-8;;;;;/h2-8H,1H3;4*1H;/q;;;;;+4/p-4. The second-order valence-corrected chi connectivity index (χ2v) is 3.50. The van der Waals surface area contributed by atoms with Crippen LogP contribution in [0.3, 0.4) is 0 Å². The van der Waals surface area contributed by atoms with Crippen LogP contribution in [0.15, 0.2) is 18.2 Å². The van der Waals surface area contributed by atoms with Crippen LogP contribution in [0, 0.1) is 0 Å². The van der Waals surface area contributed by atoms with Crippen LogP contribution in [-0.2, 0) is 21.7 Å². The summed E-state index contributed by atoms with van der Waals surface area (Å²) in [6.07, 6.45) is 8.66. The first kappa shape index (κ1) is 23.5. The average Bonchev–Trinajstić information content (AvgIpc) is 2.65. The van der Waals surface area contributed by atoms with Crippen molar-refractivity contribution in [2.45, 2.75) is 13.0 Å². The van der Waals surface area contributed by atoms with Gasteiger partial charge in [-0.25, -0.2) is 0 Å². The van der Waals surface area contributed by atoms with Gasteiger partial charge in [0.25, 0.3) is 0 Å². The number of allylic oxidation sites excluding steroid dienone is 1. The predicted molar refractivity (Wildman–Crippen MR) is 53.7 cm³/mol. The Balaban J connectivity index is -0.000000450. The van der Waals surface area contributed by atoms with Crippen molar-refractivity contribution in [3.05, 3.63) is 34.2 Å². The molecule has 0 saturated heterocycles. The summed E-state index contributed by atoms with van der Waals surface area (Å²) >= 11 is 0. The van der Waals surface area contributed by atoms with Gasteiger partial charge in [0.15, 0.2) is 0 Å². The fourth-order valence-electron chi connectivity index (χ4n) is 1.93. The molecule has 1 aliphatic heterocycles. The van der Waals surface area contributed by atoms with Crippen molar-refractivity contribution in [3.63, 3.8) is 0 Å². The topological polar surface area (TPSA) is 9.23 Å². The molecule has 1 aromatic rings. The minimum atomic E-state index is 0. The minimum Gasteiger partial charge on any atom is -1.00 e. The zero-order valence-corrected chi connectivity index (χ0v) is 14.0. The third kappa shape index (κ3) is 3.93. The maximum Gasteiger partial charge on any atom is 4.00 e. The van der Waals surface area contributed by atoms with Gasteiger partial charge in [-0.05, 0) is 18.2 Å². The van der Waals surface area contributed by atoms with Gasteiger partial charge in [0.1, 0.15) is 11.9 Å². The number of hydrogen-bond donors (Lipinski definition) is 0. The van der Waals surface area contributed by atoms with Gasteiger partial charge in [-0.1, -0.05) is 30.4 Å². The molecule has 96 valence electrons. The zero-order chi connectivity index (χ0) is 8.84. The molecule has 0 saturated carbocycles. The van der Waals surface area contributed by atoms with Gasteiger partial charge < -0.3 is 54.4 Å². The maximum atomic E-state index is 5.72. The summed E-state index contributed by atoms with van der Waals surface area (Å²) in [5.41, 5.74) is 1.23. The molecular weight excluding hydrogens is 350 g/mol. The van der Waals surface area contributed by atoms with Crippen molar-refractivity contribution in [2.75, 3.05) is 0 Å². The van der Waals surface area contributed by atoms with Crippen LogP contribution >= 0.6 is 0 Å². The first-order chi connectivity index (χ1) is 6.34. The first-order valence-electron chi connectivity index (χ1n) is 4.54. The fraction of sp³-hybridized carbons (Fsp3) is 0.167. The molecule has 1 aromatic carbocycles. The summed E-state index contributed by atoms with van der Waals surface area (Å²) in [5, 5.41) is 2.49. The van der Waals surface area contributed by atoms with Gasteiger partial charge in [0.2, 0.25) is 0 Å². The molecular formula is C12H10Cl4OTi.